The Morgan fingerprint density at radius 3 is 2.44 bits per heavy atom. The second-order valence-electron chi connectivity index (χ2n) is 8.71. The highest BCUT2D eigenvalue weighted by atomic mass is 16.5. The van der Waals surface area contributed by atoms with Gasteiger partial charge in [-0.25, -0.2) is 4.68 Å². The topological polar surface area (TPSA) is 43.2 Å². The predicted molar refractivity (Wildman–Crippen MR) is 99.3 cm³/mol. The lowest BCUT2D eigenvalue weighted by Crippen LogP contribution is -2.57. The molecule has 0 amide bonds. The third-order valence-corrected chi connectivity index (χ3v) is 6.36. The van der Waals surface area contributed by atoms with Crippen molar-refractivity contribution >= 4 is 11.0 Å². The van der Waals surface area contributed by atoms with Gasteiger partial charge in [0.05, 0.1) is 18.7 Å². The van der Waals surface area contributed by atoms with Crippen LogP contribution in [0.5, 0.6) is 0 Å². The van der Waals surface area contributed by atoms with E-state index in [-0.39, 0.29) is 5.66 Å². The molecule has 1 aliphatic carbocycles. The van der Waals surface area contributed by atoms with Gasteiger partial charge in [-0.2, -0.15) is 0 Å². The summed E-state index contributed by atoms with van der Waals surface area (Å²) in [7, 11) is 0. The molecule has 0 N–H and O–H groups in total. The number of morpholine rings is 1. The van der Waals surface area contributed by atoms with Crippen LogP contribution in [0, 0.1) is 11.3 Å². The van der Waals surface area contributed by atoms with Gasteiger partial charge in [-0.1, -0.05) is 38.1 Å². The first-order valence-corrected chi connectivity index (χ1v) is 9.64. The van der Waals surface area contributed by atoms with Crippen molar-refractivity contribution in [2.24, 2.45) is 11.3 Å². The van der Waals surface area contributed by atoms with Gasteiger partial charge in [0.2, 0.25) is 0 Å². The van der Waals surface area contributed by atoms with Crippen LogP contribution >= 0.6 is 0 Å². The Balaban J connectivity index is 1.73. The number of hydrogen-bond donors (Lipinski definition) is 0. The minimum atomic E-state index is -0.0539. The number of benzene rings is 1. The van der Waals surface area contributed by atoms with Crippen molar-refractivity contribution in [3.63, 3.8) is 0 Å². The molecule has 5 heteroatoms. The number of para-hydroxylation sites is 1. The summed E-state index contributed by atoms with van der Waals surface area (Å²) in [6.07, 6.45) is 4.77. The van der Waals surface area contributed by atoms with E-state index in [1.54, 1.807) is 0 Å². The standard InChI is InChI=1S/C20H30N4O/c1-19(2,3)16-8-10-20(11-9-16,23-12-14-25-15-13-23)24-18-7-5-4-6-17(18)21-22-24/h4-7,16H,8-15H2,1-3H3. The van der Waals surface area contributed by atoms with Gasteiger partial charge in [-0.15, -0.1) is 5.10 Å². The van der Waals surface area contributed by atoms with Crippen LogP contribution in [0.25, 0.3) is 11.0 Å². The minimum absolute atomic E-state index is 0.0539. The van der Waals surface area contributed by atoms with Gasteiger partial charge >= 0.3 is 0 Å². The second kappa shape index (κ2) is 6.36. The summed E-state index contributed by atoms with van der Waals surface area (Å²) < 4.78 is 7.86. The van der Waals surface area contributed by atoms with E-state index in [1.807, 2.05) is 6.07 Å². The van der Waals surface area contributed by atoms with Gasteiger partial charge < -0.3 is 4.74 Å². The Hall–Kier alpha value is -1.46. The van der Waals surface area contributed by atoms with Crippen molar-refractivity contribution in [3.05, 3.63) is 24.3 Å². The Morgan fingerprint density at radius 1 is 1.08 bits per heavy atom. The van der Waals surface area contributed by atoms with Crippen molar-refractivity contribution in [2.75, 3.05) is 26.3 Å². The first kappa shape index (κ1) is 17.0. The summed E-state index contributed by atoms with van der Waals surface area (Å²) in [5.41, 5.74) is 2.47. The van der Waals surface area contributed by atoms with Crippen LogP contribution in [0.3, 0.4) is 0 Å². The maximum absolute atomic E-state index is 5.63. The Morgan fingerprint density at radius 2 is 1.76 bits per heavy atom. The summed E-state index contributed by atoms with van der Waals surface area (Å²) >= 11 is 0. The number of aromatic nitrogens is 3. The highest BCUT2D eigenvalue weighted by molar-refractivity contribution is 5.74. The highest BCUT2D eigenvalue weighted by Crippen LogP contribution is 2.46. The van der Waals surface area contributed by atoms with Gasteiger partial charge in [0.25, 0.3) is 0 Å². The lowest BCUT2D eigenvalue weighted by molar-refractivity contribution is -0.0942. The molecule has 0 unspecified atom stereocenters. The maximum Gasteiger partial charge on any atom is 0.117 e. The Kier molecular flexibility index (Phi) is 4.32. The van der Waals surface area contributed by atoms with E-state index in [2.05, 4.69) is 58.9 Å². The van der Waals surface area contributed by atoms with E-state index >= 15 is 0 Å². The second-order valence-corrected chi connectivity index (χ2v) is 8.71. The van der Waals surface area contributed by atoms with Crippen molar-refractivity contribution in [3.8, 4) is 0 Å². The lowest BCUT2D eigenvalue weighted by Gasteiger charge is -2.50. The van der Waals surface area contributed by atoms with Gasteiger partial charge in [-0.05, 0) is 49.1 Å². The monoisotopic (exact) mass is 342 g/mol. The third-order valence-electron chi connectivity index (χ3n) is 6.36. The normalized spacial score (nSPS) is 29.2. The van der Waals surface area contributed by atoms with E-state index in [0.29, 0.717) is 5.41 Å². The molecule has 0 atom stereocenters. The molecule has 0 bridgehead atoms. The van der Waals surface area contributed by atoms with E-state index in [0.717, 1.165) is 56.1 Å². The number of fused-ring (bicyclic) bond motifs is 1. The zero-order valence-electron chi connectivity index (χ0n) is 15.7. The number of nitrogens with zero attached hydrogens (tertiary/aromatic N) is 4. The fourth-order valence-electron chi connectivity index (χ4n) is 4.76. The van der Waals surface area contributed by atoms with Crippen LogP contribution in [0.4, 0.5) is 0 Å². The van der Waals surface area contributed by atoms with Crippen LogP contribution in [0.15, 0.2) is 24.3 Å². The smallest absolute Gasteiger partial charge is 0.117 e. The molecule has 2 aromatic rings. The van der Waals surface area contributed by atoms with Crippen LogP contribution < -0.4 is 0 Å². The number of rotatable bonds is 2. The van der Waals surface area contributed by atoms with Crippen LogP contribution in [-0.2, 0) is 10.4 Å². The highest BCUT2D eigenvalue weighted by Gasteiger charge is 2.45. The number of ether oxygens (including phenoxy) is 1. The molecule has 1 saturated heterocycles. The maximum atomic E-state index is 5.63. The minimum Gasteiger partial charge on any atom is -0.379 e. The zero-order valence-corrected chi connectivity index (χ0v) is 15.7. The largest absolute Gasteiger partial charge is 0.379 e. The predicted octanol–water partition coefficient (Wildman–Crippen LogP) is 3.65. The van der Waals surface area contributed by atoms with Crippen LogP contribution in [-0.4, -0.2) is 46.2 Å². The molecule has 0 spiro atoms. The molecule has 25 heavy (non-hydrogen) atoms. The molecular formula is C20H30N4O. The average molecular weight is 342 g/mol. The molecule has 4 rings (SSSR count). The SMILES string of the molecule is CC(C)(C)C1CCC(N2CCOCC2)(n2nnc3ccccc32)CC1. The Labute approximate surface area is 150 Å². The average Bonchev–Trinajstić information content (AvgIpc) is 3.06. The Bertz CT molecular complexity index is 719. The van der Waals surface area contributed by atoms with Gasteiger partial charge in [0.1, 0.15) is 11.2 Å². The zero-order chi connectivity index (χ0) is 17.5. The van der Waals surface area contributed by atoms with E-state index in [4.69, 9.17) is 4.74 Å². The third kappa shape index (κ3) is 2.97. The molecular weight excluding hydrogens is 312 g/mol. The quantitative estimate of drug-likeness (QED) is 0.835. The van der Waals surface area contributed by atoms with Gasteiger partial charge in [0, 0.05) is 13.1 Å². The molecule has 1 aromatic carbocycles. The molecule has 5 nitrogen and oxygen atoms in total. The molecule has 1 aliphatic heterocycles. The van der Waals surface area contributed by atoms with E-state index in [1.165, 1.54) is 12.8 Å². The van der Waals surface area contributed by atoms with Crippen molar-refractivity contribution in [1.29, 1.82) is 0 Å². The molecule has 136 valence electrons. The van der Waals surface area contributed by atoms with E-state index < -0.39 is 0 Å². The first-order valence-electron chi connectivity index (χ1n) is 9.64. The van der Waals surface area contributed by atoms with E-state index in [9.17, 15) is 0 Å². The van der Waals surface area contributed by atoms with Crippen LogP contribution in [0.1, 0.15) is 46.5 Å². The molecule has 2 fully saturated rings. The van der Waals surface area contributed by atoms with Gasteiger partial charge in [0.15, 0.2) is 0 Å². The molecule has 1 saturated carbocycles. The molecule has 2 aliphatic rings. The summed E-state index contributed by atoms with van der Waals surface area (Å²) in [5.74, 6) is 0.774. The summed E-state index contributed by atoms with van der Waals surface area (Å²) in [6, 6.07) is 8.36. The lowest BCUT2D eigenvalue weighted by atomic mass is 9.69. The molecule has 0 radical (unpaired) electrons. The number of hydrogen-bond acceptors (Lipinski definition) is 4. The fraction of sp³-hybridized carbons (Fsp3) is 0.700. The van der Waals surface area contributed by atoms with Gasteiger partial charge in [-0.3, -0.25) is 4.90 Å². The van der Waals surface area contributed by atoms with Crippen molar-refractivity contribution in [1.82, 2.24) is 19.9 Å². The summed E-state index contributed by atoms with van der Waals surface area (Å²) in [5, 5.41) is 9.09. The summed E-state index contributed by atoms with van der Waals surface area (Å²) in [4.78, 5) is 2.61. The van der Waals surface area contributed by atoms with Crippen molar-refractivity contribution < 1.29 is 4.74 Å². The van der Waals surface area contributed by atoms with Crippen LogP contribution in [0.2, 0.25) is 0 Å². The summed E-state index contributed by atoms with van der Waals surface area (Å²) in [6.45, 7) is 10.7. The van der Waals surface area contributed by atoms with Crippen molar-refractivity contribution in [2.45, 2.75) is 52.1 Å². The first-order chi connectivity index (χ1) is 12.0. The fourth-order valence-corrected chi connectivity index (χ4v) is 4.76. The molecule has 1 aromatic heterocycles. The molecule has 2 heterocycles.